The number of likely N-dealkylation sites (tertiary alicyclic amines) is 1. The Morgan fingerprint density at radius 1 is 1.20 bits per heavy atom. The average Bonchev–Trinajstić information content (AvgIpc) is 3.64. The molecule has 3 aromatic heterocycles. The third-order valence-electron chi connectivity index (χ3n) is 8.90. The molecule has 1 amide bonds. The number of furan rings is 1. The normalized spacial score (nSPS) is 21.3. The van der Waals surface area contributed by atoms with Gasteiger partial charge in [-0.25, -0.2) is 9.97 Å². The summed E-state index contributed by atoms with van der Waals surface area (Å²) in [4.78, 5) is 42.1. The van der Waals surface area contributed by atoms with E-state index in [1.54, 1.807) is 6.07 Å². The number of para-hydroxylation sites is 1. The van der Waals surface area contributed by atoms with Crippen LogP contribution in [0.1, 0.15) is 50.9 Å². The maximum Gasteiger partial charge on any atom is 0.251 e. The number of aromatic amines is 1. The lowest BCUT2D eigenvalue weighted by Gasteiger charge is -2.44. The van der Waals surface area contributed by atoms with Crippen LogP contribution in [0, 0.1) is 5.92 Å². The van der Waals surface area contributed by atoms with Crippen molar-refractivity contribution in [1.82, 2.24) is 19.9 Å². The van der Waals surface area contributed by atoms with E-state index in [1.165, 1.54) is 6.20 Å². The maximum atomic E-state index is 13.0. The summed E-state index contributed by atoms with van der Waals surface area (Å²) in [5.74, 6) is 1.76. The molecule has 0 aliphatic carbocycles. The molecule has 1 aromatic carbocycles. The number of piperidine rings is 1. The van der Waals surface area contributed by atoms with Gasteiger partial charge in [0.1, 0.15) is 16.9 Å². The van der Waals surface area contributed by atoms with Crippen LogP contribution >= 0.6 is 11.6 Å². The van der Waals surface area contributed by atoms with Crippen LogP contribution in [-0.4, -0.2) is 65.2 Å². The number of rotatable bonds is 8. The minimum absolute atomic E-state index is 0.0674. The van der Waals surface area contributed by atoms with Crippen LogP contribution in [0.5, 0.6) is 0 Å². The van der Waals surface area contributed by atoms with E-state index in [0.717, 1.165) is 59.6 Å². The van der Waals surface area contributed by atoms with Gasteiger partial charge in [-0.1, -0.05) is 37.6 Å². The van der Waals surface area contributed by atoms with Crippen molar-refractivity contribution < 1.29 is 13.9 Å². The molecule has 9 nitrogen and oxygen atoms in total. The first-order valence-electron chi connectivity index (χ1n) is 14.5. The Morgan fingerprint density at radius 3 is 2.80 bits per heavy atom. The molecule has 2 atom stereocenters. The second-order valence-electron chi connectivity index (χ2n) is 11.5. The lowest BCUT2D eigenvalue weighted by Crippen LogP contribution is -2.51. The van der Waals surface area contributed by atoms with Crippen LogP contribution in [0.4, 0.5) is 5.82 Å². The number of ether oxygens (including phenoxy) is 1. The Balaban J connectivity index is 1.05. The molecule has 41 heavy (non-hydrogen) atoms. The van der Waals surface area contributed by atoms with Crippen LogP contribution in [0.3, 0.4) is 0 Å². The van der Waals surface area contributed by atoms with E-state index < -0.39 is 0 Å². The number of hydrogen-bond donors (Lipinski definition) is 1. The van der Waals surface area contributed by atoms with Crippen molar-refractivity contribution in [2.24, 2.45) is 5.92 Å². The van der Waals surface area contributed by atoms with Crippen molar-refractivity contribution in [2.45, 2.75) is 51.4 Å². The first kappa shape index (κ1) is 27.7. The zero-order valence-electron chi connectivity index (χ0n) is 23.6. The lowest BCUT2D eigenvalue weighted by molar-refractivity contribution is -0.135. The van der Waals surface area contributed by atoms with E-state index in [2.05, 4.69) is 23.7 Å². The van der Waals surface area contributed by atoms with Gasteiger partial charge in [0.25, 0.3) is 5.56 Å². The summed E-state index contributed by atoms with van der Waals surface area (Å²) in [6.07, 6.45) is 5.37. The topological polar surface area (TPSA) is 105 Å². The van der Waals surface area contributed by atoms with E-state index in [-0.39, 0.29) is 22.8 Å². The molecule has 6 rings (SSSR count). The first-order chi connectivity index (χ1) is 19.8. The van der Waals surface area contributed by atoms with Crippen LogP contribution in [0.15, 0.2) is 45.7 Å². The maximum absolute atomic E-state index is 13.0. The van der Waals surface area contributed by atoms with Crippen LogP contribution < -0.4 is 10.5 Å². The molecule has 1 N–H and O–H groups in total. The Bertz CT molecular complexity index is 1630. The van der Waals surface area contributed by atoms with Crippen molar-refractivity contribution in [2.75, 3.05) is 44.3 Å². The number of aromatic nitrogens is 3. The van der Waals surface area contributed by atoms with E-state index in [0.29, 0.717) is 56.2 Å². The number of fused-ring (bicyclic) bond motifs is 3. The summed E-state index contributed by atoms with van der Waals surface area (Å²) in [6, 6.07) is 9.71. The smallest absolute Gasteiger partial charge is 0.251 e. The van der Waals surface area contributed by atoms with E-state index in [1.807, 2.05) is 29.2 Å². The molecular weight excluding hydrogens is 542 g/mol. The quantitative estimate of drug-likeness (QED) is 0.291. The number of pyridine rings is 1. The van der Waals surface area contributed by atoms with Gasteiger partial charge >= 0.3 is 0 Å². The molecule has 0 radical (unpaired) electrons. The summed E-state index contributed by atoms with van der Waals surface area (Å²) >= 11 is 6.17. The average molecular weight is 578 g/mol. The highest BCUT2D eigenvalue weighted by molar-refractivity contribution is 6.30. The van der Waals surface area contributed by atoms with Crippen molar-refractivity contribution >= 4 is 45.4 Å². The molecule has 0 saturated carbocycles. The van der Waals surface area contributed by atoms with Gasteiger partial charge in [0.15, 0.2) is 11.4 Å². The van der Waals surface area contributed by atoms with Gasteiger partial charge in [-0.15, -0.1) is 0 Å². The number of carbonyl (C=O) groups excluding carboxylic acids is 1. The third-order valence-corrected chi connectivity index (χ3v) is 9.12. The second-order valence-corrected chi connectivity index (χ2v) is 12.0. The zero-order chi connectivity index (χ0) is 28.6. The van der Waals surface area contributed by atoms with Gasteiger partial charge in [-0.2, -0.15) is 0 Å². The highest BCUT2D eigenvalue weighted by Crippen LogP contribution is 2.38. The van der Waals surface area contributed by atoms with E-state index in [9.17, 15) is 9.59 Å². The molecular formula is C31H36ClN5O4. The van der Waals surface area contributed by atoms with Crippen molar-refractivity contribution in [3.05, 3.63) is 63.3 Å². The minimum Gasteiger partial charge on any atom is -0.450 e. The highest BCUT2D eigenvalue weighted by Gasteiger charge is 2.40. The molecule has 2 aliphatic rings. The standard InChI is InChI=1S/C31H36ClN5O4/c1-20-19-37(14-11-31(20,2)23-17-21(32)18-33-30(23)39)26(38)10-16-40-15-9-25-34-27-22-7-3-4-8-24(22)41-28(27)29(35-25)36-12-5-6-13-36/h3-4,7-8,17-18,20H,5-6,9-16,19H2,1-2H3,(H,33,39). The van der Waals surface area contributed by atoms with E-state index >= 15 is 0 Å². The van der Waals surface area contributed by atoms with Gasteiger partial charge in [-0.05, 0) is 43.4 Å². The van der Waals surface area contributed by atoms with E-state index in [4.69, 9.17) is 30.7 Å². The molecule has 5 heterocycles. The molecule has 2 saturated heterocycles. The van der Waals surface area contributed by atoms with Crippen LogP contribution in [0.2, 0.25) is 5.02 Å². The summed E-state index contributed by atoms with van der Waals surface area (Å²) in [5.41, 5.74) is 2.62. The first-order valence-corrected chi connectivity index (χ1v) is 14.9. The molecule has 2 fully saturated rings. The highest BCUT2D eigenvalue weighted by atomic mass is 35.5. The summed E-state index contributed by atoms with van der Waals surface area (Å²) in [5, 5.41) is 1.50. The monoisotopic (exact) mass is 577 g/mol. The molecule has 4 aromatic rings. The van der Waals surface area contributed by atoms with Crippen molar-refractivity contribution in [1.29, 1.82) is 0 Å². The fourth-order valence-corrected chi connectivity index (χ4v) is 6.37. The Morgan fingerprint density at radius 2 is 2.00 bits per heavy atom. The number of carbonyl (C=O) groups is 1. The number of amides is 1. The fraction of sp³-hybridized carbons (Fsp3) is 0.484. The lowest BCUT2D eigenvalue weighted by atomic mass is 9.68. The number of benzene rings is 1. The number of halogens is 1. The van der Waals surface area contributed by atoms with Crippen LogP contribution in [-0.2, 0) is 21.4 Å². The Labute approximate surface area is 243 Å². The fourth-order valence-electron chi connectivity index (χ4n) is 6.20. The van der Waals surface area contributed by atoms with Gasteiger partial charge in [0, 0.05) is 55.2 Å². The molecule has 10 heteroatoms. The van der Waals surface area contributed by atoms with Gasteiger partial charge < -0.3 is 23.9 Å². The Kier molecular flexibility index (Phi) is 7.74. The third kappa shape index (κ3) is 5.45. The number of hydrogen-bond acceptors (Lipinski definition) is 7. The number of anilines is 1. The Hall–Kier alpha value is -3.43. The molecule has 216 valence electrons. The van der Waals surface area contributed by atoms with Crippen molar-refractivity contribution in [3.63, 3.8) is 0 Å². The summed E-state index contributed by atoms with van der Waals surface area (Å²) < 4.78 is 12.1. The zero-order valence-corrected chi connectivity index (χ0v) is 24.4. The SMILES string of the molecule is CC1CN(C(=O)CCOCCc2nc(N3CCCC3)c3oc4ccccc4c3n2)CCC1(C)c1cc(Cl)c[nH]c1=O. The number of H-pyrrole nitrogens is 1. The predicted octanol–water partition coefficient (Wildman–Crippen LogP) is 5.09. The van der Waals surface area contributed by atoms with Crippen LogP contribution in [0.25, 0.3) is 22.1 Å². The number of nitrogens with zero attached hydrogens (tertiary/aromatic N) is 4. The molecule has 2 unspecified atom stereocenters. The van der Waals surface area contributed by atoms with Gasteiger partial charge in [-0.3, -0.25) is 9.59 Å². The predicted molar refractivity (Wildman–Crippen MR) is 160 cm³/mol. The molecule has 0 spiro atoms. The largest absolute Gasteiger partial charge is 0.450 e. The second kappa shape index (κ2) is 11.4. The minimum atomic E-state index is -0.346. The molecule has 0 bridgehead atoms. The van der Waals surface area contributed by atoms with Gasteiger partial charge in [0.2, 0.25) is 5.91 Å². The summed E-state index contributed by atoms with van der Waals surface area (Å²) in [7, 11) is 0. The van der Waals surface area contributed by atoms with Crippen molar-refractivity contribution in [3.8, 4) is 0 Å². The number of nitrogens with one attached hydrogen (secondary N) is 1. The summed E-state index contributed by atoms with van der Waals surface area (Å²) in [6.45, 7) is 8.06. The molecule has 2 aliphatic heterocycles. The van der Waals surface area contributed by atoms with Gasteiger partial charge in [0.05, 0.1) is 24.7 Å².